The Kier molecular flexibility index (Phi) is 3.22. The Morgan fingerprint density at radius 3 is 2.33 bits per heavy atom. The van der Waals surface area contributed by atoms with Gasteiger partial charge in [0.15, 0.2) is 0 Å². The van der Waals surface area contributed by atoms with Gasteiger partial charge in [-0.2, -0.15) is 5.10 Å². The smallest absolute Gasteiger partial charge is 0.124 e. The molecule has 68 valence electrons. The summed E-state index contributed by atoms with van der Waals surface area (Å²) in [6, 6.07) is 0. The first-order valence-electron chi connectivity index (χ1n) is 4.18. The van der Waals surface area contributed by atoms with Crippen molar-refractivity contribution in [2.24, 2.45) is 10.2 Å². The monoisotopic (exact) mass is 168 g/mol. The minimum Gasteiger partial charge on any atom is -0.356 e. The summed E-state index contributed by atoms with van der Waals surface area (Å²) in [5.74, 6) is 0.970. The molecule has 0 aromatic rings. The van der Waals surface area contributed by atoms with E-state index in [4.69, 9.17) is 0 Å². The molecule has 1 rings (SSSR count). The molecule has 0 radical (unpaired) electrons. The SMILES string of the molecule is C=N/N=C(/C)N1CCN(C)CC1. The number of hydrogen-bond donors (Lipinski definition) is 0. The maximum absolute atomic E-state index is 3.91. The number of amidine groups is 1. The lowest BCUT2D eigenvalue weighted by molar-refractivity contribution is 0.214. The predicted octanol–water partition coefficient (Wildman–Crippen LogP) is 0.268. The first-order chi connectivity index (χ1) is 5.74. The van der Waals surface area contributed by atoms with Gasteiger partial charge in [-0.15, -0.1) is 5.10 Å². The van der Waals surface area contributed by atoms with E-state index >= 15 is 0 Å². The lowest BCUT2D eigenvalue weighted by Crippen LogP contribution is -2.46. The summed E-state index contributed by atoms with van der Waals surface area (Å²) < 4.78 is 0. The second-order valence-electron chi connectivity index (χ2n) is 3.08. The van der Waals surface area contributed by atoms with Crippen LogP contribution in [-0.2, 0) is 0 Å². The molecule has 0 aromatic heterocycles. The Labute approximate surface area is 73.6 Å². The van der Waals surface area contributed by atoms with Gasteiger partial charge in [0, 0.05) is 32.9 Å². The quantitative estimate of drug-likeness (QED) is 0.320. The van der Waals surface area contributed by atoms with Crippen LogP contribution in [0.4, 0.5) is 0 Å². The summed E-state index contributed by atoms with van der Waals surface area (Å²) in [5, 5.41) is 7.42. The Morgan fingerprint density at radius 2 is 1.83 bits per heavy atom. The van der Waals surface area contributed by atoms with Gasteiger partial charge in [-0.1, -0.05) is 0 Å². The van der Waals surface area contributed by atoms with Gasteiger partial charge in [-0.3, -0.25) is 0 Å². The fraction of sp³-hybridized carbons (Fsp3) is 0.750. The Bertz CT molecular complexity index is 179. The van der Waals surface area contributed by atoms with E-state index < -0.39 is 0 Å². The average molecular weight is 168 g/mol. The molecule has 0 spiro atoms. The van der Waals surface area contributed by atoms with E-state index in [1.165, 1.54) is 0 Å². The van der Waals surface area contributed by atoms with Crippen LogP contribution in [0.2, 0.25) is 0 Å². The number of piperazine rings is 1. The number of rotatable bonds is 1. The topological polar surface area (TPSA) is 31.2 Å². The summed E-state index contributed by atoms with van der Waals surface area (Å²) >= 11 is 0. The van der Waals surface area contributed by atoms with Crippen LogP contribution in [0.3, 0.4) is 0 Å². The van der Waals surface area contributed by atoms with Gasteiger partial charge in [0.1, 0.15) is 5.84 Å². The molecule has 1 aliphatic rings. The molecule has 0 unspecified atom stereocenters. The van der Waals surface area contributed by atoms with E-state index in [-0.39, 0.29) is 0 Å². The lowest BCUT2D eigenvalue weighted by atomic mass is 10.3. The molecule has 0 bridgehead atoms. The molecule has 1 heterocycles. The normalized spacial score (nSPS) is 21.2. The van der Waals surface area contributed by atoms with Crippen LogP contribution >= 0.6 is 0 Å². The summed E-state index contributed by atoms with van der Waals surface area (Å²) in [7, 11) is 2.13. The largest absolute Gasteiger partial charge is 0.356 e. The van der Waals surface area contributed by atoms with Crippen LogP contribution in [0.15, 0.2) is 10.2 Å². The summed E-state index contributed by atoms with van der Waals surface area (Å²) in [5.41, 5.74) is 0. The Balaban J connectivity index is 2.44. The van der Waals surface area contributed by atoms with Gasteiger partial charge in [0.05, 0.1) is 0 Å². The fourth-order valence-corrected chi connectivity index (χ4v) is 1.30. The summed E-state index contributed by atoms with van der Waals surface area (Å²) in [6.45, 7) is 9.60. The minimum atomic E-state index is 0.970. The van der Waals surface area contributed by atoms with Gasteiger partial charge in [-0.05, 0) is 14.0 Å². The van der Waals surface area contributed by atoms with Gasteiger partial charge < -0.3 is 9.80 Å². The average Bonchev–Trinajstić information content (AvgIpc) is 2.06. The highest BCUT2D eigenvalue weighted by molar-refractivity contribution is 5.79. The molecular formula is C8H16N4. The first-order valence-corrected chi connectivity index (χ1v) is 4.18. The molecule has 0 amide bonds. The third-order valence-corrected chi connectivity index (χ3v) is 2.18. The van der Waals surface area contributed by atoms with Gasteiger partial charge in [0.25, 0.3) is 0 Å². The molecule has 0 atom stereocenters. The van der Waals surface area contributed by atoms with Crippen LogP contribution in [0.1, 0.15) is 6.92 Å². The van der Waals surface area contributed by atoms with Crippen molar-refractivity contribution in [1.29, 1.82) is 0 Å². The van der Waals surface area contributed by atoms with E-state index in [0.717, 1.165) is 32.0 Å². The zero-order valence-corrected chi connectivity index (χ0v) is 7.82. The molecule has 4 heteroatoms. The fourth-order valence-electron chi connectivity index (χ4n) is 1.30. The molecule has 1 aliphatic heterocycles. The van der Waals surface area contributed by atoms with Gasteiger partial charge >= 0.3 is 0 Å². The van der Waals surface area contributed by atoms with Crippen LogP contribution in [0, 0.1) is 0 Å². The predicted molar refractivity (Wildman–Crippen MR) is 51.7 cm³/mol. The molecule has 12 heavy (non-hydrogen) atoms. The van der Waals surface area contributed by atoms with Crippen molar-refractivity contribution in [3.63, 3.8) is 0 Å². The van der Waals surface area contributed by atoms with Crippen LogP contribution in [0.25, 0.3) is 0 Å². The third-order valence-electron chi connectivity index (χ3n) is 2.18. The highest BCUT2D eigenvalue weighted by Crippen LogP contribution is 2.00. The zero-order chi connectivity index (χ0) is 8.97. The molecule has 0 aromatic carbocycles. The lowest BCUT2D eigenvalue weighted by Gasteiger charge is -2.33. The van der Waals surface area contributed by atoms with Crippen LogP contribution in [-0.4, -0.2) is 55.6 Å². The van der Waals surface area contributed by atoms with Crippen molar-refractivity contribution in [1.82, 2.24) is 9.80 Å². The Hall–Kier alpha value is -0.900. The zero-order valence-electron chi connectivity index (χ0n) is 7.82. The van der Waals surface area contributed by atoms with E-state index in [2.05, 4.69) is 33.8 Å². The van der Waals surface area contributed by atoms with Crippen molar-refractivity contribution >= 4 is 12.6 Å². The van der Waals surface area contributed by atoms with Gasteiger partial charge in [0.2, 0.25) is 0 Å². The highest BCUT2D eigenvalue weighted by Gasteiger charge is 2.14. The second-order valence-corrected chi connectivity index (χ2v) is 3.08. The molecule has 1 fully saturated rings. The van der Waals surface area contributed by atoms with E-state index in [9.17, 15) is 0 Å². The number of likely N-dealkylation sites (N-methyl/N-ethyl adjacent to an activating group) is 1. The summed E-state index contributed by atoms with van der Waals surface area (Å²) in [6.07, 6.45) is 0. The van der Waals surface area contributed by atoms with Crippen molar-refractivity contribution in [2.45, 2.75) is 6.92 Å². The molecule has 0 aliphatic carbocycles. The maximum atomic E-state index is 3.91. The standard InChI is InChI=1S/C8H16N4/c1-8(10-9-2)12-6-4-11(3)5-7-12/h2,4-7H2,1,3H3/b10-8-. The molecule has 0 N–H and O–H groups in total. The highest BCUT2D eigenvalue weighted by atomic mass is 15.3. The Morgan fingerprint density at radius 1 is 1.25 bits per heavy atom. The summed E-state index contributed by atoms with van der Waals surface area (Å²) in [4.78, 5) is 4.54. The van der Waals surface area contributed by atoms with Crippen molar-refractivity contribution in [3.05, 3.63) is 0 Å². The van der Waals surface area contributed by atoms with Crippen LogP contribution in [0.5, 0.6) is 0 Å². The molecule has 1 saturated heterocycles. The van der Waals surface area contributed by atoms with Gasteiger partial charge in [-0.25, -0.2) is 0 Å². The van der Waals surface area contributed by atoms with E-state index in [0.29, 0.717) is 0 Å². The van der Waals surface area contributed by atoms with E-state index in [1.807, 2.05) is 6.92 Å². The number of nitrogens with zero attached hydrogens (tertiary/aromatic N) is 4. The maximum Gasteiger partial charge on any atom is 0.124 e. The molecule has 4 nitrogen and oxygen atoms in total. The molecule has 0 saturated carbocycles. The second kappa shape index (κ2) is 4.21. The molecular weight excluding hydrogens is 152 g/mol. The van der Waals surface area contributed by atoms with Crippen molar-refractivity contribution < 1.29 is 0 Å². The first kappa shape index (κ1) is 9.19. The third kappa shape index (κ3) is 2.30. The number of hydrogen-bond acceptors (Lipinski definition) is 3. The van der Waals surface area contributed by atoms with Crippen molar-refractivity contribution in [2.75, 3.05) is 33.2 Å². The van der Waals surface area contributed by atoms with Crippen molar-refractivity contribution in [3.8, 4) is 0 Å². The van der Waals surface area contributed by atoms with E-state index in [1.54, 1.807) is 0 Å². The van der Waals surface area contributed by atoms with Crippen LogP contribution < -0.4 is 0 Å². The minimum absolute atomic E-state index is 0.970.